The molecule has 2 aromatic carbocycles. The van der Waals surface area contributed by atoms with Crippen LogP contribution in [0.2, 0.25) is 0 Å². The Bertz CT molecular complexity index is 1170. The summed E-state index contributed by atoms with van der Waals surface area (Å²) < 4.78 is 0. The van der Waals surface area contributed by atoms with Crippen LogP contribution in [0.15, 0.2) is 71.2 Å². The highest BCUT2D eigenvalue weighted by atomic mass is 16.6. The van der Waals surface area contributed by atoms with Gasteiger partial charge in [-0.25, -0.2) is 0 Å². The Morgan fingerprint density at radius 3 is 2.61 bits per heavy atom. The van der Waals surface area contributed by atoms with Crippen molar-refractivity contribution < 1.29 is 9.72 Å². The summed E-state index contributed by atoms with van der Waals surface area (Å²) in [6, 6.07) is 16.2. The minimum absolute atomic E-state index is 0.0125. The summed E-state index contributed by atoms with van der Waals surface area (Å²) >= 11 is 0. The average Bonchev–Trinajstić information content (AvgIpc) is 2.78. The van der Waals surface area contributed by atoms with Crippen LogP contribution in [-0.2, 0) is 11.2 Å². The van der Waals surface area contributed by atoms with E-state index in [1.807, 2.05) is 24.3 Å². The van der Waals surface area contributed by atoms with Crippen LogP contribution in [0.4, 0.5) is 11.4 Å². The Balaban J connectivity index is 1.93. The summed E-state index contributed by atoms with van der Waals surface area (Å²) in [5.74, 6) is -0.337. The summed E-state index contributed by atoms with van der Waals surface area (Å²) in [5.41, 5.74) is 10.5. The normalized spacial score (nSPS) is 18.6. The Labute approximate surface area is 180 Å². The van der Waals surface area contributed by atoms with Gasteiger partial charge in [0.05, 0.1) is 28.2 Å². The molecule has 2 aromatic rings. The quantitative estimate of drug-likeness (QED) is 0.584. The van der Waals surface area contributed by atoms with Crippen LogP contribution < -0.4 is 10.6 Å². The van der Waals surface area contributed by atoms with Gasteiger partial charge < -0.3 is 5.73 Å². The second kappa shape index (κ2) is 8.07. The molecule has 0 radical (unpaired) electrons. The monoisotopic (exact) mass is 414 g/mol. The number of nitro groups is 1. The number of hydrogen-bond acceptors (Lipinski definition) is 6. The van der Waals surface area contributed by atoms with E-state index >= 15 is 0 Å². The second-order valence-electron chi connectivity index (χ2n) is 7.69. The number of carbonyl (C=O) groups excluding carboxylic acids is 1. The largest absolute Gasteiger partial charge is 0.384 e. The van der Waals surface area contributed by atoms with E-state index in [4.69, 9.17) is 5.73 Å². The molecule has 0 fully saturated rings. The maximum Gasteiger partial charge on any atom is 0.271 e. The smallest absolute Gasteiger partial charge is 0.271 e. The van der Waals surface area contributed by atoms with Gasteiger partial charge in [-0.2, -0.15) is 5.26 Å². The number of nitro benzene ring substituents is 1. The highest BCUT2D eigenvalue weighted by Gasteiger charge is 2.40. The maximum atomic E-state index is 13.1. The van der Waals surface area contributed by atoms with Crippen LogP contribution in [0, 0.1) is 21.4 Å². The van der Waals surface area contributed by atoms with Gasteiger partial charge in [0, 0.05) is 29.8 Å². The number of benzene rings is 2. The first-order valence-electron chi connectivity index (χ1n) is 10.3. The van der Waals surface area contributed by atoms with Crippen molar-refractivity contribution in [1.29, 1.82) is 5.26 Å². The number of hydrogen-bond donors (Lipinski definition) is 1. The van der Waals surface area contributed by atoms with Crippen molar-refractivity contribution in [3.05, 3.63) is 92.4 Å². The number of Topliss-reactive ketones (excluding diaryl/α,β-unsaturated/α-hetero) is 1. The Morgan fingerprint density at radius 2 is 1.97 bits per heavy atom. The van der Waals surface area contributed by atoms with Crippen molar-refractivity contribution in [2.24, 2.45) is 5.73 Å². The number of carbonyl (C=O) groups is 1. The molecule has 1 heterocycles. The highest BCUT2D eigenvalue weighted by molar-refractivity contribution is 6.01. The van der Waals surface area contributed by atoms with Crippen molar-refractivity contribution in [3.8, 4) is 6.07 Å². The van der Waals surface area contributed by atoms with E-state index in [0.717, 1.165) is 23.2 Å². The van der Waals surface area contributed by atoms with E-state index in [1.165, 1.54) is 12.1 Å². The standard InChI is InChI=1S/C24H22N4O3/c1-2-15-9-11-16(12-10-15)22-19(14-25)24(26)27(20-7-4-8-21(29)23(20)22)17-5-3-6-18(13-17)28(30)31/h3,5-6,9-13,22H,2,4,7-8,26H2,1H3/t22-/m1/s1. The Kier molecular flexibility index (Phi) is 5.30. The third-order valence-electron chi connectivity index (χ3n) is 5.93. The topological polar surface area (TPSA) is 113 Å². The van der Waals surface area contributed by atoms with Crippen molar-refractivity contribution in [2.45, 2.75) is 38.5 Å². The maximum absolute atomic E-state index is 13.1. The minimum atomic E-state index is -0.534. The number of anilines is 1. The van der Waals surface area contributed by atoms with Crippen LogP contribution in [0.5, 0.6) is 0 Å². The summed E-state index contributed by atoms with van der Waals surface area (Å²) in [6.07, 6.45) is 2.57. The van der Waals surface area contributed by atoms with Crippen molar-refractivity contribution in [2.75, 3.05) is 4.90 Å². The van der Waals surface area contributed by atoms with Gasteiger partial charge in [-0.15, -0.1) is 0 Å². The summed E-state index contributed by atoms with van der Waals surface area (Å²) in [6.45, 7) is 2.07. The molecule has 1 aliphatic carbocycles. The predicted octanol–water partition coefficient (Wildman–Crippen LogP) is 4.46. The van der Waals surface area contributed by atoms with E-state index < -0.39 is 10.8 Å². The zero-order valence-corrected chi connectivity index (χ0v) is 17.2. The van der Waals surface area contributed by atoms with Gasteiger partial charge in [0.1, 0.15) is 5.82 Å². The number of nitrogens with two attached hydrogens (primary N) is 1. The van der Waals surface area contributed by atoms with Gasteiger partial charge in [-0.05, 0) is 36.5 Å². The van der Waals surface area contributed by atoms with Crippen LogP contribution in [0.1, 0.15) is 43.2 Å². The van der Waals surface area contributed by atoms with Crippen LogP contribution in [-0.4, -0.2) is 10.7 Å². The van der Waals surface area contributed by atoms with Gasteiger partial charge >= 0.3 is 0 Å². The number of nitrogens with zero attached hydrogens (tertiary/aromatic N) is 3. The molecule has 2 aliphatic rings. The summed E-state index contributed by atoms with van der Waals surface area (Å²) in [5, 5.41) is 21.3. The molecule has 0 bridgehead atoms. The molecule has 0 amide bonds. The third kappa shape index (κ3) is 3.46. The minimum Gasteiger partial charge on any atom is -0.384 e. The number of aryl methyl sites for hydroxylation is 1. The molecule has 0 spiro atoms. The molecule has 0 unspecified atom stereocenters. The van der Waals surface area contributed by atoms with E-state index in [2.05, 4.69) is 13.0 Å². The lowest BCUT2D eigenvalue weighted by atomic mass is 9.75. The fourth-order valence-corrected chi connectivity index (χ4v) is 4.41. The zero-order chi connectivity index (χ0) is 22.1. The number of ketones is 1. The van der Waals surface area contributed by atoms with Gasteiger partial charge in [-0.1, -0.05) is 37.3 Å². The zero-order valence-electron chi connectivity index (χ0n) is 17.2. The molecular formula is C24H22N4O3. The number of nitriles is 1. The molecule has 7 nitrogen and oxygen atoms in total. The molecule has 156 valence electrons. The molecule has 1 atom stereocenters. The van der Waals surface area contributed by atoms with Gasteiger partial charge in [0.25, 0.3) is 5.69 Å². The van der Waals surface area contributed by atoms with Gasteiger partial charge in [0.2, 0.25) is 0 Å². The lowest BCUT2D eigenvalue weighted by Crippen LogP contribution is -2.38. The predicted molar refractivity (Wildman–Crippen MR) is 117 cm³/mol. The van der Waals surface area contributed by atoms with Crippen molar-refractivity contribution in [3.63, 3.8) is 0 Å². The van der Waals surface area contributed by atoms with Crippen molar-refractivity contribution in [1.82, 2.24) is 0 Å². The molecule has 7 heteroatoms. The molecule has 31 heavy (non-hydrogen) atoms. The first kappa shape index (κ1) is 20.4. The highest BCUT2D eigenvalue weighted by Crippen LogP contribution is 2.46. The van der Waals surface area contributed by atoms with E-state index in [9.17, 15) is 20.2 Å². The van der Waals surface area contributed by atoms with Gasteiger partial charge in [-0.3, -0.25) is 19.8 Å². The first-order chi connectivity index (χ1) is 15.0. The van der Waals surface area contributed by atoms with E-state index in [0.29, 0.717) is 30.5 Å². The fraction of sp³-hybridized carbons (Fsp3) is 0.250. The third-order valence-corrected chi connectivity index (χ3v) is 5.93. The SMILES string of the molecule is CCc1ccc([C@@H]2C(C#N)=C(N)N(c3cccc([N+](=O)[O-])c3)C3=C2C(=O)CCC3)cc1. The molecule has 4 rings (SSSR count). The Hall–Kier alpha value is -3.92. The molecule has 0 aromatic heterocycles. The molecule has 2 N–H and O–H groups in total. The second-order valence-corrected chi connectivity index (χ2v) is 7.69. The molecular weight excluding hydrogens is 392 g/mol. The van der Waals surface area contributed by atoms with Crippen molar-refractivity contribution >= 4 is 17.2 Å². The molecule has 0 saturated carbocycles. The van der Waals surface area contributed by atoms with Crippen LogP contribution >= 0.6 is 0 Å². The lowest BCUT2D eigenvalue weighted by Gasteiger charge is -2.39. The molecule has 1 aliphatic heterocycles. The Morgan fingerprint density at radius 1 is 1.23 bits per heavy atom. The average molecular weight is 414 g/mol. The number of allylic oxidation sites excluding steroid dienone is 3. The fourth-order valence-electron chi connectivity index (χ4n) is 4.41. The van der Waals surface area contributed by atoms with E-state index in [1.54, 1.807) is 17.0 Å². The first-order valence-corrected chi connectivity index (χ1v) is 10.3. The lowest BCUT2D eigenvalue weighted by molar-refractivity contribution is -0.384. The molecule has 0 saturated heterocycles. The number of rotatable bonds is 4. The van der Waals surface area contributed by atoms with Crippen LogP contribution in [0.3, 0.4) is 0 Å². The van der Waals surface area contributed by atoms with Crippen LogP contribution in [0.25, 0.3) is 0 Å². The van der Waals surface area contributed by atoms with E-state index in [-0.39, 0.29) is 22.9 Å². The number of non-ortho nitro benzene ring substituents is 1. The summed E-state index contributed by atoms with van der Waals surface area (Å²) in [7, 11) is 0. The summed E-state index contributed by atoms with van der Waals surface area (Å²) in [4.78, 5) is 25.6. The van der Waals surface area contributed by atoms with Gasteiger partial charge in [0.15, 0.2) is 5.78 Å².